The van der Waals surface area contributed by atoms with Gasteiger partial charge >= 0.3 is 6.16 Å². The summed E-state index contributed by atoms with van der Waals surface area (Å²) >= 11 is 2.68. The zero-order valence-electron chi connectivity index (χ0n) is 3.35. The topological polar surface area (TPSA) is 46.5 Å². The van der Waals surface area contributed by atoms with Crippen molar-refractivity contribution in [3.05, 3.63) is 11.2 Å². The van der Waals surface area contributed by atoms with Crippen LogP contribution < -0.4 is 0 Å². The van der Waals surface area contributed by atoms with E-state index in [0.29, 0.717) is 0 Å². The number of hydrogen-bond donors (Lipinski definition) is 1. The van der Waals surface area contributed by atoms with Crippen LogP contribution in [-0.2, 0) is 4.74 Å². The van der Waals surface area contributed by atoms with Crippen molar-refractivity contribution >= 4 is 22.1 Å². The van der Waals surface area contributed by atoms with Crippen LogP contribution in [-0.4, -0.2) is 11.3 Å². The third kappa shape index (κ3) is 5.49. The predicted molar refractivity (Wildman–Crippen MR) is 27.2 cm³/mol. The summed E-state index contributed by atoms with van der Waals surface area (Å²) in [7, 11) is 0. The monoisotopic (exact) mass is 166 g/mol. The zero-order chi connectivity index (χ0) is 5.86. The van der Waals surface area contributed by atoms with Gasteiger partial charge in [0.1, 0.15) is 0 Å². The van der Waals surface area contributed by atoms with Crippen LogP contribution in [0.25, 0.3) is 0 Å². The molecule has 0 unspecified atom stereocenters. The third-order valence-corrected chi connectivity index (χ3v) is 0.360. The first-order chi connectivity index (χ1) is 3.13. The molecular formula is C3H3BrO3. The summed E-state index contributed by atoms with van der Waals surface area (Å²) in [4.78, 5) is 9.50. The lowest BCUT2D eigenvalue weighted by atomic mass is 11.1. The molecule has 7 heavy (non-hydrogen) atoms. The van der Waals surface area contributed by atoms with E-state index in [1.54, 1.807) is 0 Å². The van der Waals surface area contributed by atoms with Crippen LogP contribution in [0.3, 0.4) is 0 Å². The fourth-order valence-corrected chi connectivity index (χ4v) is 0.233. The molecule has 1 N–H and O–H groups in total. The van der Waals surface area contributed by atoms with Gasteiger partial charge in [-0.25, -0.2) is 4.79 Å². The second-order valence-corrected chi connectivity index (χ2v) is 1.61. The van der Waals surface area contributed by atoms with E-state index in [1.165, 1.54) is 0 Å². The maximum Gasteiger partial charge on any atom is 0.511 e. The van der Waals surface area contributed by atoms with Crippen molar-refractivity contribution in [2.75, 3.05) is 0 Å². The van der Waals surface area contributed by atoms with E-state index in [4.69, 9.17) is 5.11 Å². The first-order valence-corrected chi connectivity index (χ1v) is 2.17. The summed E-state index contributed by atoms with van der Waals surface area (Å²) in [5.41, 5.74) is 0. The Kier molecular flexibility index (Phi) is 2.44. The van der Waals surface area contributed by atoms with Gasteiger partial charge in [0.15, 0.2) is 4.67 Å². The van der Waals surface area contributed by atoms with Crippen molar-refractivity contribution in [3.8, 4) is 0 Å². The van der Waals surface area contributed by atoms with E-state index < -0.39 is 6.16 Å². The maximum absolute atomic E-state index is 9.50. The highest BCUT2D eigenvalue weighted by atomic mass is 79.9. The first-order valence-electron chi connectivity index (χ1n) is 1.38. The van der Waals surface area contributed by atoms with E-state index in [9.17, 15) is 4.79 Å². The summed E-state index contributed by atoms with van der Waals surface area (Å²) in [6.07, 6.45) is -1.36. The quantitative estimate of drug-likeness (QED) is 0.475. The largest absolute Gasteiger partial charge is 0.511 e. The van der Waals surface area contributed by atoms with Crippen molar-refractivity contribution in [1.82, 2.24) is 0 Å². The van der Waals surface area contributed by atoms with Crippen LogP contribution >= 0.6 is 15.9 Å². The summed E-state index contributed by atoms with van der Waals surface area (Å²) < 4.78 is 3.89. The molecule has 0 aliphatic rings. The number of carboxylic acid groups (broad SMARTS) is 1. The molecule has 0 radical (unpaired) electrons. The van der Waals surface area contributed by atoms with E-state index in [2.05, 4.69) is 27.2 Å². The van der Waals surface area contributed by atoms with Crippen LogP contribution in [0.4, 0.5) is 4.79 Å². The van der Waals surface area contributed by atoms with Gasteiger partial charge in [0.05, 0.1) is 0 Å². The van der Waals surface area contributed by atoms with Gasteiger partial charge in [-0.05, 0) is 22.5 Å². The average Bonchev–Trinajstić information content (AvgIpc) is 1.27. The third-order valence-electron chi connectivity index (χ3n) is 0.198. The average molecular weight is 167 g/mol. The van der Waals surface area contributed by atoms with Gasteiger partial charge in [0.2, 0.25) is 0 Å². The lowest BCUT2D eigenvalue weighted by Gasteiger charge is -1.89. The molecule has 0 aromatic rings. The second kappa shape index (κ2) is 2.63. The van der Waals surface area contributed by atoms with E-state index in [-0.39, 0.29) is 4.67 Å². The minimum Gasteiger partial charge on any atom is -0.449 e. The van der Waals surface area contributed by atoms with Crippen molar-refractivity contribution in [2.24, 2.45) is 0 Å². The van der Waals surface area contributed by atoms with Crippen LogP contribution in [0, 0.1) is 0 Å². The molecule has 4 heteroatoms. The van der Waals surface area contributed by atoms with E-state index >= 15 is 0 Å². The lowest BCUT2D eigenvalue weighted by Crippen LogP contribution is -1.93. The summed E-state index contributed by atoms with van der Waals surface area (Å²) in [6.45, 7) is 3.11. The number of carbonyl (C=O) groups is 1. The molecule has 0 atom stereocenters. The molecule has 0 saturated carbocycles. The highest BCUT2D eigenvalue weighted by molar-refractivity contribution is 9.11. The Balaban J connectivity index is 3.32. The Morgan fingerprint density at radius 1 is 1.86 bits per heavy atom. The zero-order valence-corrected chi connectivity index (χ0v) is 4.93. The molecule has 0 aromatic carbocycles. The number of rotatable bonds is 1. The molecule has 0 amide bonds. The Morgan fingerprint density at radius 2 is 2.29 bits per heavy atom. The Morgan fingerprint density at radius 3 is 2.29 bits per heavy atom. The molecular weight excluding hydrogens is 164 g/mol. The number of hydrogen-bond acceptors (Lipinski definition) is 2. The Bertz CT molecular complexity index is 86.4. The lowest BCUT2D eigenvalue weighted by molar-refractivity contribution is 0.126. The highest BCUT2D eigenvalue weighted by Crippen LogP contribution is 2.00. The molecule has 0 bridgehead atoms. The van der Waals surface area contributed by atoms with Gasteiger partial charge in [-0.3, -0.25) is 0 Å². The minimum atomic E-state index is -1.36. The van der Waals surface area contributed by atoms with Gasteiger partial charge < -0.3 is 9.84 Å². The highest BCUT2D eigenvalue weighted by Gasteiger charge is 1.93. The minimum absolute atomic E-state index is 0.000000000000000222. The molecule has 0 rings (SSSR count). The predicted octanol–water partition coefficient (Wildman–Crippen LogP) is 1.55. The van der Waals surface area contributed by atoms with Crippen molar-refractivity contribution in [2.45, 2.75) is 0 Å². The van der Waals surface area contributed by atoms with Crippen molar-refractivity contribution in [1.29, 1.82) is 0 Å². The fraction of sp³-hybridized carbons (Fsp3) is 0. The normalized spacial score (nSPS) is 7.57. The first kappa shape index (κ1) is 6.49. The molecule has 0 saturated heterocycles. The standard InChI is InChI=1S/C3H3BrO3/c1-2(4)7-3(5)6/h1H2,(H,5,6). The van der Waals surface area contributed by atoms with Crippen LogP contribution in [0.1, 0.15) is 0 Å². The smallest absolute Gasteiger partial charge is 0.449 e. The summed E-state index contributed by atoms with van der Waals surface area (Å²) in [6, 6.07) is 0. The number of ether oxygens (including phenoxy) is 1. The van der Waals surface area contributed by atoms with Crippen LogP contribution in [0.15, 0.2) is 11.2 Å². The van der Waals surface area contributed by atoms with Gasteiger partial charge in [-0.15, -0.1) is 0 Å². The SMILES string of the molecule is C=C(Br)OC(=O)O. The molecule has 0 aliphatic carbocycles. The summed E-state index contributed by atoms with van der Waals surface area (Å²) in [5, 5.41) is 7.77. The van der Waals surface area contributed by atoms with E-state index in [0.717, 1.165) is 0 Å². The van der Waals surface area contributed by atoms with E-state index in [1.807, 2.05) is 0 Å². The van der Waals surface area contributed by atoms with Crippen LogP contribution in [0.5, 0.6) is 0 Å². The fourth-order valence-electron chi connectivity index (χ4n) is 0.0947. The Hall–Kier alpha value is -0.510. The number of halogens is 1. The second-order valence-electron chi connectivity index (χ2n) is 0.723. The molecule has 3 nitrogen and oxygen atoms in total. The summed E-state index contributed by atoms with van der Waals surface area (Å²) in [5.74, 6) is 0. The van der Waals surface area contributed by atoms with Gasteiger partial charge in [-0.1, -0.05) is 0 Å². The molecule has 0 aromatic heterocycles. The molecule has 0 spiro atoms. The van der Waals surface area contributed by atoms with Gasteiger partial charge in [-0.2, -0.15) is 0 Å². The van der Waals surface area contributed by atoms with Gasteiger partial charge in [0.25, 0.3) is 0 Å². The van der Waals surface area contributed by atoms with Gasteiger partial charge in [0, 0.05) is 0 Å². The van der Waals surface area contributed by atoms with Crippen LogP contribution in [0.2, 0.25) is 0 Å². The maximum atomic E-state index is 9.50. The van der Waals surface area contributed by atoms with Crippen molar-refractivity contribution < 1.29 is 14.6 Å². The van der Waals surface area contributed by atoms with Crippen molar-refractivity contribution in [3.63, 3.8) is 0 Å². The molecule has 0 heterocycles. The Labute approximate surface area is 48.7 Å². The molecule has 40 valence electrons. The molecule has 0 fully saturated rings. The molecule has 0 aliphatic heterocycles.